The number of rotatable bonds is 5. The molecule has 1 aliphatic carbocycles. The van der Waals surface area contributed by atoms with E-state index in [1.807, 2.05) is 13.0 Å². The predicted molar refractivity (Wildman–Crippen MR) is 80.9 cm³/mol. The molecule has 1 aromatic rings. The average Bonchev–Trinajstić information content (AvgIpc) is 3.25. The first-order valence-corrected chi connectivity index (χ1v) is 7.85. The highest BCUT2D eigenvalue weighted by molar-refractivity contribution is 5.95. The Balaban J connectivity index is 1.75. The summed E-state index contributed by atoms with van der Waals surface area (Å²) in [5.74, 6) is -0.0518. The summed E-state index contributed by atoms with van der Waals surface area (Å²) >= 11 is 0. The Morgan fingerprint density at radius 1 is 1.32 bits per heavy atom. The van der Waals surface area contributed by atoms with Crippen molar-refractivity contribution in [2.45, 2.75) is 19.8 Å². The number of carboxylic acid groups (broad SMARTS) is 1. The van der Waals surface area contributed by atoms with Gasteiger partial charge in [-0.3, -0.25) is 9.59 Å². The average molecular weight is 303 g/mol. The first-order chi connectivity index (χ1) is 10.6. The molecule has 1 heterocycles. The van der Waals surface area contributed by atoms with E-state index in [1.165, 1.54) is 0 Å². The minimum Gasteiger partial charge on any atom is -0.494 e. The highest BCUT2D eigenvalue weighted by Crippen LogP contribution is 2.44. The van der Waals surface area contributed by atoms with Gasteiger partial charge in [-0.05, 0) is 49.8 Å². The molecule has 1 aromatic carbocycles. The van der Waals surface area contributed by atoms with E-state index in [-0.39, 0.29) is 11.8 Å². The van der Waals surface area contributed by atoms with E-state index in [1.54, 1.807) is 23.1 Å². The van der Waals surface area contributed by atoms with Crippen molar-refractivity contribution in [3.05, 3.63) is 29.8 Å². The van der Waals surface area contributed by atoms with Crippen molar-refractivity contribution in [2.75, 3.05) is 19.7 Å². The molecule has 3 rings (SSSR count). The third kappa shape index (κ3) is 2.93. The van der Waals surface area contributed by atoms with Gasteiger partial charge in [-0.25, -0.2) is 0 Å². The second-order valence-corrected chi connectivity index (χ2v) is 6.12. The molecule has 1 saturated carbocycles. The largest absolute Gasteiger partial charge is 0.494 e. The van der Waals surface area contributed by atoms with E-state index in [9.17, 15) is 14.7 Å². The molecule has 0 bridgehead atoms. The second-order valence-electron chi connectivity index (χ2n) is 6.12. The van der Waals surface area contributed by atoms with Crippen molar-refractivity contribution in [2.24, 2.45) is 17.8 Å². The molecule has 0 unspecified atom stereocenters. The van der Waals surface area contributed by atoms with Crippen molar-refractivity contribution in [3.8, 4) is 5.75 Å². The monoisotopic (exact) mass is 303 g/mol. The number of aliphatic carboxylic acids is 1. The Bertz CT molecular complexity index is 582. The summed E-state index contributed by atoms with van der Waals surface area (Å²) in [5, 5.41) is 9.39. The maximum atomic E-state index is 12.6. The van der Waals surface area contributed by atoms with Crippen LogP contribution in [0, 0.1) is 17.8 Å². The molecular formula is C17H21NO4. The molecule has 1 aliphatic heterocycles. The zero-order valence-electron chi connectivity index (χ0n) is 12.7. The first-order valence-electron chi connectivity index (χ1n) is 7.85. The minimum absolute atomic E-state index is 0.101. The summed E-state index contributed by atoms with van der Waals surface area (Å²) in [4.78, 5) is 25.8. The van der Waals surface area contributed by atoms with E-state index in [4.69, 9.17) is 4.74 Å². The lowest BCUT2D eigenvalue weighted by Crippen LogP contribution is -2.29. The fourth-order valence-corrected chi connectivity index (χ4v) is 3.33. The maximum Gasteiger partial charge on any atom is 0.308 e. The summed E-state index contributed by atoms with van der Waals surface area (Å²) in [6.07, 6.45) is 2.19. The minimum atomic E-state index is -0.782. The number of carbonyl (C=O) groups excluding carboxylic acids is 1. The lowest BCUT2D eigenvalue weighted by molar-refractivity contribution is -0.142. The Morgan fingerprint density at radius 3 is 2.73 bits per heavy atom. The summed E-state index contributed by atoms with van der Waals surface area (Å²) in [6, 6.07) is 7.09. The molecule has 0 aromatic heterocycles. The molecule has 1 N–H and O–H groups in total. The Kier molecular flexibility index (Phi) is 4.05. The van der Waals surface area contributed by atoms with Crippen LogP contribution < -0.4 is 4.74 Å². The van der Waals surface area contributed by atoms with Gasteiger partial charge < -0.3 is 14.7 Å². The first kappa shape index (κ1) is 14.9. The number of carbonyl (C=O) groups is 2. The number of benzene rings is 1. The Labute approximate surface area is 129 Å². The molecule has 1 amide bonds. The maximum absolute atomic E-state index is 12.6. The van der Waals surface area contributed by atoms with Gasteiger partial charge in [0.1, 0.15) is 5.75 Å². The summed E-state index contributed by atoms with van der Waals surface area (Å²) in [6.45, 7) is 3.31. The van der Waals surface area contributed by atoms with Crippen molar-refractivity contribution >= 4 is 11.9 Å². The third-order valence-corrected chi connectivity index (χ3v) is 4.59. The van der Waals surface area contributed by atoms with Gasteiger partial charge in [-0.1, -0.05) is 6.07 Å². The van der Waals surface area contributed by atoms with Crippen LogP contribution in [0.25, 0.3) is 0 Å². The number of hydrogen-bond acceptors (Lipinski definition) is 3. The van der Waals surface area contributed by atoms with Crippen LogP contribution in [0.4, 0.5) is 0 Å². The molecular weight excluding hydrogens is 282 g/mol. The fourth-order valence-electron chi connectivity index (χ4n) is 3.33. The quantitative estimate of drug-likeness (QED) is 0.906. The van der Waals surface area contributed by atoms with E-state index >= 15 is 0 Å². The summed E-state index contributed by atoms with van der Waals surface area (Å²) in [7, 11) is 0. The third-order valence-electron chi connectivity index (χ3n) is 4.59. The van der Waals surface area contributed by atoms with Gasteiger partial charge in [-0.15, -0.1) is 0 Å². The van der Waals surface area contributed by atoms with Crippen molar-refractivity contribution in [1.82, 2.24) is 4.90 Å². The highest BCUT2D eigenvalue weighted by Gasteiger charge is 2.46. The van der Waals surface area contributed by atoms with Gasteiger partial charge in [0, 0.05) is 18.7 Å². The van der Waals surface area contributed by atoms with E-state index in [0.717, 1.165) is 12.8 Å². The smallest absolute Gasteiger partial charge is 0.308 e. The van der Waals surface area contributed by atoms with Gasteiger partial charge in [0.05, 0.1) is 12.5 Å². The lowest BCUT2D eigenvalue weighted by Gasteiger charge is -2.16. The highest BCUT2D eigenvalue weighted by atomic mass is 16.5. The van der Waals surface area contributed by atoms with Crippen LogP contribution in [0.2, 0.25) is 0 Å². The van der Waals surface area contributed by atoms with Crippen LogP contribution in [0.5, 0.6) is 5.75 Å². The van der Waals surface area contributed by atoms with Crippen LogP contribution in [0.3, 0.4) is 0 Å². The molecule has 22 heavy (non-hydrogen) atoms. The van der Waals surface area contributed by atoms with Crippen LogP contribution in [0.1, 0.15) is 30.1 Å². The molecule has 0 radical (unpaired) electrons. The summed E-state index contributed by atoms with van der Waals surface area (Å²) in [5.41, 5.74) is 0.562. The SMILES string of the molecule is CCOc1cccc(C(=O)N2C[C@H](C(=O)O)[C@@H](C3CC3)C2)c1. The molecule has 1 saturated heterocycles. The number of likely N-dealkylation sites (tertiary alicyclic amines) is 1. The van der Waals surface area contributed by atoms with E-state index in [0.29, 0.717) is 36.9 Å². The molecule has 5 heteroatoms. The fraction of sp³-hybridized carbons (Fsp3) is 0.529. The predicted octanol–water partition coefficient (Wildman–Crippen LogP) is 2.27. The zero-order valence-corrected chi connectivity index (χ0v) is 12.7. The van der Waals surface area contributed by atoms with Crippen molar-refractivity contribution in [3.63, 3.8) is 0 Å². The van der Waals surface area contributed by atoms with Crippen molar-refractivity contribution in [1.29, 1.82) is 0 Å². The van der Waals surface area contributed by atoms with Gasteiger partial charge in [0.2, 0.25) is 0 Å². The van der Waals surface area contributed by atoms with Gasteiger partial charge in [-0.2, -0.15) is 0 Å². The van der Waals surface area contributed by atoms with E-state index < -0.39 is 11.9 Å². The van der Waals surface area contributed by atoms with Gasteiger partial charge in [0.25, 0.3) is 5.91 Å². The van der Waals surface area contributed by atoms with Crippen LogP contribution in [-0.4, -0.2) is 41.6 Å². The Hall–Kier alpha value is -2.04. The van der Waals surface area contributed by atoms with Crippen LogP contribution in [-0.2, 0) is 4.79 Å². The van der Waals surface area contributed by atoms with Crippen LogP contribution in [0.15, 0.2) is 24.3 Å². The normalized spacial score (nSPS) is 24.3. The Morgan fingerprint density at radius 2 is 2.09 bits per heavy atom. The molecule has 5 nitrogen and oxygen atoms in total. The number of nitrogens with zero attached hydrogens (tertiary/aromatic N) is 1. The number of ether oxygens (including phenoxy) is 1. The second kappa shape index (κ2) is 5.99. The van der Waals surface area contributed by atoms with Gasteiger partial charge >= 0.3 is 5.97 Å². The van der Waals surface area contributed by atoms with Crippen molar-refractivity contribution < 1.29 is 19.4 Å². The molecule has 0 spiro atoms. The van der Waals surface area contributed by atoms with Crippen LogP contribution >= 0.6 is 0 Å². The number of carboxylic acids is 1. The number of amides is 1. The molecule has 2 atom stereocenters. The zero-order chi connectivity index (χ0) is 15.7. The summed E-state index contributed by atoms with van der Waals surface area (Å²) < 4.78 is 5.42. The standard InChI is InChI=1S/C17H21NO4/c1-2-22-13-5-3-4-12(8-13)16(19)18-9-14(11-6-7-11)15(10-18)17(20)21/h3-5,8,11,14-15H,2,6-7,9-10H2,1H3,(H,20,21)/t14-,15+/m1/s1. The molecule has 2 fully saturated rings. The topological polar surface area (TPSA) is 66.8 Å². The lowest BCUT2D eigenvalue weighted by atomic mass is 9.92. The number of hydrogen-bond donors (Lipinski definition) is 1. The van der Waals surface area contributed by atoms with Gasteiger partial charge in [0.15, 0.2) is 0 Å². The molecule has 118 valence electrons. The van der Waals surface area contributed by atoms with E-state index in [2.05, 4.69) is 0 Å². The molecule has 2 aliphatic rings.